The number of hydrogen-bond donors (Lipinski definition) is 1. The molecule has 0 aliphatic heterocycles. The minimum absolute atomic E-state index is 0.0213. The number of thiophene rings is 1. The van der Waals surface area contributed by atoms with Crippen LogP contribution in [0.2, 0.25) is 0 Å². The van der Waals surface area contributed by atoms with Gasteiger partial charge in [-0.1, -0.05) is 6.07 Å². The van der Waals surface area contributed by atoms with Crippen LogP contribution >= 0.6 is 11.3 Å². The van der Waals surface area contributed by atoms with Gasteiger partial charge in [0.1, 0.15) is 11.4 Å². The molecule has 25 heavy (non-hydrogen) atoms. The Hall–Kier alpha value is -2.67. The zero-order chi connectivity index (χ0) is 17.8. The van der Waals surface area contributed by atoms with Crippen LogP contribution in [0.1, 0.15) is 21.0 Å². The minimum atomic E-state index is -0.748. The van der Waals surface area contributed by atoms with Gasteiger partial charge < -0.3 is 14.5 Å². The van der Waals surface area contributed by atoms with Gasteiger partial charge in [0.2, 0.25) is 5.76 Å². The quantitative estimate of drug-likeness (QED) is 0.683. The number of amides is 1. The Morgan fingerprint density at radius 1 is 1.32 bits per heavy atom. The number of furan rings is 1. The van der Waals surface area contributed by atoms with Gasteiger partial charge in [-0.15, -0.1) is 11.3 Å². The molecule has 130 valence electrons. The van der Waals surface area contributed by atoms with E-state index in [1.807, 2.05) is 17.5 Å². The fourth-order valence-electron chi connectivity index (χ4n) is 2.42. The van der Waals surface area contributed by atoms with Crippen molar-refractivity contribution >= 4 is 34.2 Å². The lowest BCUT2D eigenvalue weighted by atomic mass is 10.1. The molecule has 0 aliphatic rings. The van der Waals surface area contributed by atoms with Gasteiger partial charge in [-0.3, -0.25) is 4.79 Å². The fourth-order valence-corrected chi connectivity index (χ4v) is 3.12. The monoisotopic (exact) mass is 361 g/mol. The Labute approximate surface area is 147 Å². The van der Waals surface area contributed by atoms with Crippen LogP contribution in [0, 0.1) is 12.7 Å². The summed E-state index contributed by atoms with van der Waals surface area (Å²) in [5.74, 6) is -1.57. The molecule has 1 aromatic carbocycles. The Morgan fingerprint density at radius 2 is 2.16 bits per heavy atom. The molecule has 2 aromatic heterocycles. The predicted molar refractivity (Wildman–Crippen MR) is 92.2 cm³/mol. The smallest absolute Gasteiger partial charge is 0.375 e. The number of ether oxygens (including phenoxy) is 1. The van der Waals surface area contributed by atoms with Crippen LogP contribution in [0.15, 0.2) is 40.1 Å². The van der Waals surface area contributed by atoms with Crippen molar-refractivity contribution in [3.8, 4) is 0 Å². The number of carbonyl (C=O) groups is 2. The van der Waals surface area contributed by atoms with Crippen LogP contribution in [0.4, 0.5) is 4.39 Å². The van der Waals surface area contributed by atoms with Crippen molar-refractivity contribution in [3.63, 3.8) is 0 Å². The van der Waals surface area contributed by atoms with Crippen LogP contribution in [0.25, 0.3) is 11.0 Å². The fraction of sp³-hybridized carbons (Fsp3) is 0.222. The van der Waals surface area contributed by atoms with E-state index in [4.69, 9.17) is 9.15 Å². The number of aryl methyl sites for hydroxylation is 1. The van der Waals surface area contributed by atoms with Gasteiger partial charge in [0.25, 0.3) is 5.91 Å². The topological polar surface area (TPSA) is 68.5 Å². The van der Waals surface area contributed by atoms with E-state index in [1.54, 1.807) is 18.3 Å². The molecule has 2 heterocycles. The minimum Gasteiger partial charge on any atom is -0.450 e. The zero-order valence-electron chi connectivity index (χ0n) is 13.5. The first-order valence-corrected chi connectivity index (χ1v) is 8.57. The number of rotatable bonds is 6. The first kappa shape index (κ1) is 17.2. The maximum absolute atomic E-state index is 13.3. The van der Waals surface area contributed by atoms with E-state index in [0.717, 1.165) is 6.42 Å². The second kappa shape index (κ2) is 7.48. The zero-order valence-corrected chi connectivity index (χ0v) is 14.3. The number of esters is 1. The molecular formula is C18H16FNO4S. The SMILES string of the molecule is Cc1c(C(=O)OCC(=O)NCCc2cccs2)oc2ccc(F)cc12. The summed E-state index contributed by atoms with van der Waals surface area (Å²) < 4.78 is 23.7. The second-order valence-corrected chi connectivity index (χ2v) is 6.48. The standard InChI is InChI=1S/C18H16FNO4S/c1-11-14-9-12(19)4-5-15(14)24-17(11)18(22)23-10-16(21)20-7-6-13-3-2-8-25-13/h2-5,8-9H,6-7,10H2,1H3,(H,20,21). The van der Waals surface area contributed by atoms with Crippen LogP contribution in [-0.2, 0) is 16.0 Å². The van der Waals surface area contributed by atoms with Gasteiger partial charge in [0.15, 0.2) is 6.61 Å². The number of hydrogen-bond acceptors (Lipinski definition) is 5. The predicted octanol–water partition coefficient (Wildman–Crippen LogP) is 3.46. The van der Waals surface area contributed by atoms with Crippen LogP contribution in [-0.4, -0.2) is 25.0 Å². The average Bonchev–Trinajstić information content (AvgIpc) is 3.21. The number of carbonyl (C=O) groups excluding carboxylic acids is 2. The Kier molecular flexibility index (Phi) is 5.14. The summed E-state index contributed by atoms with van der Waals surface area (Å²) in [6, 6.07) is 7.94. The molecule has 0 unspecified atom stereocenters. The number of benzene rings is 1. The second-order valence-electron chi connectivity index (χ2n) is 5.45. The van der Waals surface area contributed by atoms with Crippen molar-refractivity contribution in [3.05, 3.63) is 57.7 Å². The lowest BCUT2D eigenvalue weighted by molar-refractivity contribution is -0.124. The van der Waals surface area contributed by atoms with Crippen molar-refractivity contribution in [1.82, 2.24) is 5.32 Å². The molecule has 0 aliphatic carbocycles. The van der Waals surface area contributed by atoms with Crippen molar-refractivity contribution in [1.29, 1.82) is 0 Å². The number of halogens is 1. The molecule has 0 spiro atoms. The molecule has 0 bridgehead atoms. The maximum Gasteiger partial charge on any atom is 0.375 e. The number of nitrogens with one attached hydrogen (secondary N) is 1. The highest BCUT2D eigenvalue weighted by Gasteiger charge is 2.20. The first-order chi connectivity index (χ1) is 12.0. The highest BCUT2D eigenvalue weighted by atomic mass is 32.1. The summed E-state index contributed by atoms with van der Waals surface area (Å²) >= 11 is 1.62. The normalized spacial score (nSPS) is 10.8. The van der Waals surface area contributed by atoms with Gasteiger partial charge >= 0.3 is 5.97 Å². The molecular weight excluding hydrogens is 345 g/mol. The van der Waals surface area contributed by atoms with Gasteiger partial charge in [-0.25, -0.2) is 9.18 Å². The third-order valence-corrected chi connectivity index (χ3v) is 4.63. The van der Waals surface area contributed by atoms with Gasteiger partial charge in [0, 0.05) is 22.4 Å². The molecule has 1 amide bonds. The molecule has 1 N–H and O–H groups in total. The average molecular weight is 361 g/mol. The lowest BCUT2D eigenvalue weighted by Gasteiger charge is -2.05. The summed E-state index contributed by atoms with van der Waals surface area (Å²) in [5, 5.41) is 5.17. The Morgan fingerprint density at radius 3 is 2.92 bits per heavy atom. The van der Waals surface area contributed by atoms with Gasteiger partial charge in [-0.2, -0.15) is 0 Å². The third-order valence-electron chi connectivity index (χ3n) is 3.69. The largest absolute Gasteiger partial charge is 0.450 e. The van der Waals surface area contributed by atoms with E-state index in [9.17, 15) is 14.0 Å². The van der Waals surface area contributed by atoms with Crippen LogP contribution in [0.3, 0.4) is 0 Å². The molecule has 3 aromatic rings. The lowest BCUT2D eigenvalue weighted by Crippen LogP contribution is -2.30. The first-order valence-electron chi connectivity index (χ1n) is 7.69. The van der Waals surface area contributed by atoms with Crippen molar-refractivity contribution in [2.75, 3.05) is 13.2 Å². The molecule has 7 heteroatoms. The maximum atomic E-state index is 13.3. The van der Waals surface area contributed by atoms with E-state index >= 15 is 0 Å². The van der Waals surface area contributed by atoms with E-state index in [-0.39, 0.29) is 11.7 Å². The summed E-state index contributed by atoms with van der Waals surface area (Å²) in [5.41, 5.74) is 0.879. The van der Waals surface area contributed by atoms with Crippen LogP contribution < -0.4 is 5.32 Å². The molecule has 0 saturated carbocycles. The summed E-state index contributed by atoms with van der Waals surface area (Å²) in [7, 11) is 0. The highest BCUT2D eigenvalue weighted by Crippen LogP contribution is 2.26. The van der Waals surface area contributed by atoms with Gasteiger partial charge in [0.05, 0.1) is 0 Å². The Balaban J connectivity index is 1.53. The van der Waals surface area contributed by atoms with Crippen LogP contribution in [0.5, 0.6) is 0 Å². The van der Waals surface area contributed by atoms with Crippen molar-refractivity contribution < 1.29 is 23.1 Å². The van der Waals surface area contributed by atoms with E-state index in [1.165, 1.54) is 23.1 Å². The van der Waals surface area contributed by atoms with Crippen molar-refractivity contribution in [2.45, 2.75) is 13.3 Å². The summed E-state index contributed by atoms with van der Waals surface area (Å²) in [6.07, 6.45) is 0.728. The Bertz CT molecular complexity index is 901. The molecule has 0 saturated heterocycles. The molecule has 0 atom stereocenters. The molecule has 0 fully saturated rings. The third kappa shape index (κ3) is 4.06. The molecule has 5 nitrogen and oxygen atoms in total. The molecule has 3 rings (SSSR count). The molecule has 0 radical (unpaired) electrons. The van der Waals surface area contributed by atoms with Crippen molar-refractivity contribution in [2.24, 2.45) is 0 Å². The van der Waals surface area contributed by atoms with Gasteiger partial charge in [-0.05, 0) is 43.0 Å². The highest BCUT2D eigenvalue weighted by molar-refractivity contribution is 7.09. The van der Waals surface area contributed by atoms with E-state index < -0.39 is 18.4 Å². The van der Waals surface area contributed by atoms with E-state index in [2.05, 4.69) is 5.32 Å². The summed E-state index contributed by atoms with van der Waals surface area (Å²) in [4.78, 5) is 25.0. The summed E-state index contributed by atoms with van der Waals surface area (Å²) in [6.45, 7) is 1.72. The van der Waals surface area contributed by atoms with E-state index in [0.29, 0.717) is 23.1 Å². The number of fused-ring (bicyclic) bond motifs is 1.